The van der Waals surface area contributed by atoms with Gasteiger partial charge in [0.1, 0.15) is 0 Å². The molecule has 14 heavy (non-hydrogen) atoms. The fourth-order valence-electron chi connectivity index (χ4n) is 3.90. The Balaban J connectivity index is 2.20. The summed E-state index contributed by atoms with van der Waals surface area (Å²) < 4.78 is 0. The van der Waals surface area contributed by atoms with Gasteiger partial charge < -0.3 is 0 Å². The van der Waals surface area contributed by atoms with Gasteiger partial charge in [-0.1, -0.05) is 33.6 Å². The molecular weight excluding hydrogens is 168 g/mol. The summed E-state index contributed by atoms with van der Waals surface area (Å²) in [6, 6.07) is 0. The molecule has 2 saturated carbocycles. The molecule has 0 heterocycles. The van der Waals surface area contributed by atoms with E-state index < -0.39 is 0 Å². The maximum absolute atomic E-state index is 2.54. The first-order valence-corrected chi connectivity index (χ1v) is 6.56. The van der Waals surface area contributed by atoms with Gasteiger partial charge in [0.15, 0.2) is 0 Å². The van der Waals surface area contributed by atoms with E-state index in [0.717, 1.165) is 11.3 Å². The Hall–Kier alpha value is 0. The highest BCUT2D eigenvalue weighted by molar-refractivity contribution is 4.93. The van der Waals surface area contributed by atoms with Crippen molar-refractivity contribution in [2.24, 2.45) is 16.7 Å². The SMILES string of the molecule is CC(C)C12CCCC(C)(CCC1)CC2. The van der Waals surface area contributed by atoms with Crippen LogP contribution in [0.5, 0.6) is 0 Å². The molecular formula is C14H26. The molecule has 0 aromatic rings. The third kappa shape index (κ3) is 1.73. The quantitative estimate of drug-likeness (QED) is 0.563. The molecule has 0 atom stereocenters. The topological polar surface area (TPSA) is 0 Å². The number of hydrogen-bond acceptors (Lipinski definition) is 0. The van der Waals surface area contributed by atoms with Crippen LogP contribution in [0, 0.1) is 16.7 Å². The molecule has 2 rings (SSSR count). The Morgan fingerprint density at radius 1 is 0.786 bits per heavy atom. The molecule has 0 unspecified atom stereocenters. The van der Waals surface area contributed by atoms with Crippen molar-refractivity contribution in [3.8, 4) is 0 Å². The van der Waals surface area contributed by atoms with Crippen molar-refractivity contribution in [3.63, 3.8) is 0 Å². The third-order valence-electron chi connectivity index (χ3n) is 5.36. The van der Waals surface area contributed by atoms with Crippen molar-refractivity contribution < 1.29 is 0 Å². The summed E-state index contributed by atoms with van der Waals surface area (Å²) in [4.78, 5) is 0. The smallest absolute Gasteiger partial charge is 0.0274 e. The Morgan fingerprint density at radius 2 is 1.36 bits per heavy atom. The van der Waals surface area contributed by atoms with Gasteiger partial charge in [0.2, 0.25) is 0 Å². The van der Waals surface area contributed by atoms with Crippen LogP contribution in [-0.4, -0.2) is 0 Å². The number of fused-ring (bicyclic) bond motifs is 3. The second-order valence-corrected chi connectivity index (χ2v) is 6.53. The summed E-state index contributed by atoms with van der Waals surface area (Å²) in [5.74, 6) is 0.906. The van der Waals surface area contributed by atoms with Crippen molar-refractivity contribution in [3.05, 3.63) is 0 Å². The minimum Gasteiger partial charge on any atom is -0.0622 e. The van der Waals surface area contributed by atoms with E-state index in [-0.39, 0.29) is 0 Å². The summed E-state index contributed by atoms with van der Waals surface area (Å²) in [5.41, 5.74) is 1.45. The molecule has 82 valence electrons. The molecule has 0 saturated heterocycles. The van der Waals surface area contributed by atoms with Crippen LogP contribution in [-0.2, 0) is 0 Å². The predicted molar refractivity (Wildman–Crippen MR) is 62.3 cm³/mol. The first-order valence-electron chi connectivity index (χ1n) is 6.56. The zero-order chi connectivity index (χ0) is 10.2. The van der Waals surface area contributed by atoms with E-state index in [1.165, 1.54) is 51.4 Å². The van der Waals surface area contributed by atoms with Gasteiger partial charge in [0, 0.05) is 0 Å². The molecule has 2 fully saturated rings. The lowest BCUT2D eigenvalue weighted by atomic mass is 9.69. The van der Waals surface area contributed by atoms with Gasteiger partial charge in [-0.3, -0.25) is 0 Å². The maximum Gasteiger partial charge on any atom is -0.0274 e. The number of rotatable bonds is 1. The third-order valence-corrected chi connectivity index (χ3v) is 5.36. The van der Waals surface area contributed by atoms with E-state index in [2.05, 4.69) is 20.8 Å². The first kappa shape index (κ1) is 10.5. The van der Waals surface area contributed by atoms with E-state index in [0.29, 0.717) is 5.41 Å². The van der Waals surface area contributed by atoms with E-state index in [9.17, 15) is 0 Å². The van der Waals surface area contributed by atoms with Crippen LogP contribution in [0.2, 0.25) is 0 Å². The largest absolute Gasteiger partial charge is 0.0622 e. The van der Waals surface area contributed by atoms with E-state index in [1.54, 1.807) is 0 Å². The minimum atomic E-state index is 0.715. The highest BCUT2D eigenvalue weighted by Crippen LogP contribution is 2.54. The molecule has 2 bridgehead atoms. The molecule has 0 spiro atoms. The highest BCUT2D eigenvalue weighted by Gasteiger charge is 2.41. The fourth-order valence-corrected chi connectivity index (χ4v) is 3.90. The normalized spacial score (nSPS) is 43.7. The Morgan fingerprint density at radius 3 is 1.86 bits per heavy atom. The van der Waals surface area contributed by atoms with E-state index in [4.69, 9.17) is 0 Å². The van der Waals surface area contributed by atoms with Crippen LogP contribution in [0.25, 0.3) is 0 Å². The van der Waals surface area contributed by atoms with E-state index in [1.807, 2.05) is 0 Å². The van der Waals surface area contributed by atoms with Gasteiger partial charge in [-0.15, -0.1) is 0 Å². The lowest BCUT2D eigenvalue weighted by Gasteiger charge is -2.36. The van der Waals surface area contributed by atoms with Crippen LogP contribution in [0.1, 0.15) is 72.1 Å². The summed E-state index contributed by atoms with van der Waals surface area (Å²) in [5, 5.41) is 0. The molecule has 0 heteroatoms. The Labute approximate surface area is 89.5 Å². The monoisotopic (exact) mass is 194 g/mol. The van der Waals surface area contributed by atoms with Gasteiger partial charge in [-0.25, -0.2) is 0 Å². The van der Waals surface area contributed by atoms with Crippen molar-refractivity contribution >= 4 is 0 Å². The molecule has 0 aliphatic heterocycles. The lowest BCUT2D eigenvalue weighted by molar-refractivity contribution is 0.142. The maximum atomic E-state index is 2.54. The average molecular weight is 194 g/mol. The van der Waals surface area contributed by atoms with Crippen LogP contribution in [0.15, 0.2) is 0 Å². The Bertz CT molecular complexity index is 192. The molecule has 0 nitrogen and oxygen atoms in total. The minimum absolute atomic E-state index is 0.715. The second kappa shape index (κ2) is 3.54. The summed E-state index contributed by atoms with van der Waals surface area (Å²) in [6.07, 6.45) is 12.0. The lowest BCUT2D eigenvalue weighted by Crippen LogP contribution is -2.26. The van der Waals surface area contributed by atoms with Crippen molar-refractivity contribution in [2.45, 2.75) is 72.1 Å². The molecule has 2 aliphatic carbocycles. The zero-order valence-corrected chi connectivity index (χ0v) is 10.2. The van der Waals surface area contributed by atoms with Crippen molar-refractivity contribution in [2.75, 3.05) is 0 Å². The van der Waals surface area contributed by atoms with Crippen LogP contribution >= 0.6 is 0 Å². The van der Waals surface area contributed by atoms with Gasteiger partial charge in [0.25, 0.3) is 0 Å². The summed E-state index contributed by atoms with van der Waals surface area (Å²) in [7, 11) is 0. The number of hydrogen-bond donors (Lipinski definition) is 0. The van der Waals surface area contributed by atoms with Crippen molar-refractivity contribution in [1.29, 1.82) is 0 Å². The van der Waals surface area contributed by atoms with Gasteiger partial charge >= 0.3 is 0 Å². The Kier molecular flexibility index (Phi) is 2.66. The molecule has 2 aliphatic rings. The predicted octanol–water partition coefficient (Wildman–Crippen LogP) is 4.78. The van der Waals surface area contributed by atoms with Crippen LogP contribution in [0.3, 0.4) is 0 Å². The highest BCUT2D eigenvalue weighted by atomic mass is 14.5. The fraction of sp³-hybridized carbons (Fsp3) is 1.00. The second-order valence-electron chi connectivity index (χ2n) is 6.53. The molecule has 0 aromatic carbocycles. The van der Waals surface area contributed by atoms with Gasteiger partial charge in [0.05, 0.1) is 0 Å². The molecule has 0 radical (unpaired) electrons. The van der Waals surface area contributed by atoms with Crippen LogP contribution in [0.4, 0.5) is 0 Å². The molecule has 0 amide bonds. The standard InChI is InChI=1S/C14H26/c1-12(2)14-8-4-6-13(3,10-11-14)7-5-9-14/h12H,4-11H2,1-3H3. The van der Waals surface area contributed by atoms with Crippen LogP contribution < -0.4 is 0 Å². The van der Waals surface area contributed by atoms with Crippen molar-refractivity contribution in [1.82, 2.24) is 0 Å². The van der Waals surface area contributed by atoms with Gasteiger partial charge in [-0.2, -0.15) is 0 Å². The zero-order valence-electron chi connectivity index (χ0n) is 10.2. The average Bonchev–Trinajstić information content (AvgIpc) is 2.34. The van der Waals surface area contributed by atoms with E-state index >= 15 is 0 Å². The summed E-state index contributed by atoms with van der Waals surface area (Å²) >= 11 is 0. The summed E-state index contributed by atoms with van der Waals surface area (Å²) in [6.45, 7) is 7.44. The van der Waals surface area contributed by atoms with Gasteiger partial charge in [-0.05, 0) is 55.3 Å². The molecule has 0 N–H and O–H groups in total. The first-order chi connectivity index (χ1) is 6.56. The molecule has 0 aromatic heterocycles.